The number of rotatable bonds is 7. The number of hydrogen-bond acceptors (Lipinski definition) is 4. The van der Waals surface area contributed by atoms with Gasteiger partial charge in [0.05, 0.1) is 0 Å². The Kier molecular flexibility index (Phi) is 4.94. The number of primary amides is 1. The maximum Gasteiger partial charge on any atom is 0.222 e. The molecule has 0 saturated carbocycles. The molecule has 1 unspecified atom stereocenters. The highest BCUT2D eigenvalue weighted by atomic mass is 16.2. The molecule has 1 saturated heterocycles. The maximum atomic E-state index is 12.4. The molecular weight excluding hydrogens is 268 g/mol. The van der Waals surface area contributed by atoms with Crippen LogP contribution in [0.1, 0.15) is 51.4 Å². The average Bonchev–Trinajstić information content (AvgIpc) is 3.23. The van der Waals surface area contributed by atoms with E-state index in [4.69, 9.17) is 12.2 Å². The predicted octanol–water partition coefficient (Wildman–Crippen LogP) is 1.60. The van der Waals surface area contributed by atoms with Crippen molar-refractivity contribution in [3.8, 4) is 12.3 Å². The first kappa shape index (κ1) is 15.5. The third-order valence-corrected chi connectivity index (χ3v) is 4.18. The normalized spacial score (nSPS) is 22.6. The SMILES string of the molecule is C#CCCC1(CCC(=O)N2CCCCC2CC(N)=O)N=N1. The number of terminal acetylenes is 1. The van der Waals surface area contributed by atoms with E-state index in [9.17, 15) is 9.59 Å². The topological polar surface area (TPSA) is 88.1 Å². The second kappa shape index (κ2) is 6.70. The predicted molar refractivity (Wildman–Crippen MR) is 78.1 cm³/mol. The molecule has 6 nitrogen and oxygen atoms in total. The van der Waals surface area contributed by atoms with Gasteiger partial charge in [-0.3, -0.25) is 9.59 Å². The van der Waals surface area contributed by atoms with E-state index in [1.54, 1.807) is 0 Å². The number of amides is 2. The van der Waals surface area contributed by atoms with Crippen molar-refractivity contribution < 1.29 is 9.59 Å². The van der Waals surface area contributed by atoms with Crippen molar-refractivity contribution in [1.29, 1.82) is 0 Å². The highest BCUT2D eigenvalue weighted by Gasteiger charge is 2.40. The molecule has 6 heteroatoms. The van der Waals surface area contributed by atoms with Gasteiger partial charge in [0.1, 0.15) is 0 Å². The molecule has 114 valence electrons. The molecular formula is C15H22N4O2. The lowest BCUT2D eigenvalue weighted by Gasteiger charge is -2.35. The van der Waals surface area contributed by atoms with E-state index in [-0.39, 0.29) is 24.3 Å². The molecule has 2 N–H and O–H groups in total. The van der Waals surface area contributed by atoms with Gasteiger partial charge >= 0.3 is 0 Å². The lowest BCUT2D eigenvalue weighted by atomic mass is 9.97. The van der Waals surface area contributed by atoms with Gasteiger partial charge in [-0.1, -0.05) is 0 Å². The molecule has 2 aliphatic rings. The van der Waals surface area contributed by atoms with Gasteiger partial charge in [0.25, 0.3) is 0 Å². The molecule has 21 heavy (non-hydrogen) atoms. The standard InChI is InChI=1S/C15H22N4O2/c1-2-3-8-15(17-18-15)9-7-14(21)19-10-5-4-6-12(19)11-13(16)20/h1,12H,3-11H2,(H2,16,20). The number of hydrogen-bond donors (Lipinski definition) is 1. The second-order valence-corrected chi connectivity index (χ2v) is 5.79. The molecule has 0 bridgehead atoms. The summed E-state index contributed by atoms with van der Waals surface area (Å²) in [7, 11) is 0. The second-order valence-electron chi connectivity index (χ2n) is 5.79. The van der Waals surface area contributed by atoms with Crippen LogP contribution in [0.4, 0.5) is 0 Å². The molecule has 0 aromatic heterocycles. The van der Waals surface area contributed by atoms with Gasteiger partial charge < -0.3 is 10.6 Å². The van der Waals surface area contributed by atoms with E-state index < -0.39 is 5.66 Å². The van der Waals surface area contributed by atoms with Crippen LogP contribution in [0.5, 0.6) is 0 Å². The van der Waals surface area contributed by atoms with Crippen LogP contribution in [0.3, 0.4) is 0 Å². The van der Waals surface area contributed by atoms with Gasteiger partial charge in [0, 0.05) is 44.7 Å². The summed E-state index contributed by atoms with van der Waals surface area (Å²) in [5.41, 5.74) is 4.85. The summed E-state index contributed by atoms with van der Waals surface area (Å²) in [5, 5.41) is 8.08. The molecule has 0 aromatic carbocycles. The summed E-state index contributed by atoms with van der Waals surface area (Å²) < 4.78 is 0. The first-order valence-corrected chi connectivity index (χ1v) is 7.52. The minimum Gasteiger partial charge on any atom is -0.370 e. The van der Waals surface area contributed by atoms with Gasteiger partial charge in [-0.05, 0) is 19.3 Å². The van der Waals surface area contributed by atoms with E-state index in [0.717, 1.165) is 19.3 Å². The maximum absolute atomic E-state index is 12.4. The Morgan fingerprint density at radius 1 is 1.33 bits per heavy atom. The smallest absolute Gasteiger partial charge is 0.222 e. The van der Waals surface area contributed by atoms with Gasteiger partial charge in [0.15, 0.2) is 5.66 Å². The summed E-state index contributed by atoms with van der Waals surface area (Å²) in [6.07, 6.45) is 10.7. The van der Waals surface area contributed by atoms with Crippen LogP contribution in [0.25, 0.3) is 0 Å². The summed E-state index contributed by atoms with van der Waals surface area (Å²) in [5.74, 6) is 2.30. The van der Waals surface area contributed by atoms with E-state index in [2.05, 4.69) is 16.1 Å². The molecule has 0 aliphatic carbocycles. The van der Waals surface area contributed by atoms with Gasteiger partial charge in [-0.2, -0.15) is 10.2 Å². The highest BCUT2D eigenvalue weighted by Crippen LogP contribution is 2.38. The summed E-state index contributed by atoms with van der Waals surface area (Å²) in [4.78, 5) is 25.3. The number of nitrogens with two attached hydrogens (primary N) is 1. The van der Waals surface area contributed by atoms with E-state index in [0.29, 0.717) is 32.2 Å². The average molecular weight is 290 g/mol. The number of nitrogens with zero attached hydrogens (tertiary/aromatic N) is 3. The van der Waals surface area contributed by atoms with Crippen LogP contribution >= 0.6 is 0 Å². The third-order valence-electron chi connectivity index (χ3n) is 4.18. The summed E-state index contributed by atoms with van der Waals surface area (Å²) in [6.45, 7) is 0.711. The molecule has 2 aliphatic heterocycles. The number of likely N-dealkylation sites (tertiary alicyclic amines) is 1. The van der Waals surface area contributed by atoms with E-state index in [1.807, 2.05) is 4.90 Å². The molecule has 2 rings (SSSR count). The lowest BCUT2D eigenvalue weighted by Crippen LogP contribution is -2.45. The highest BCUT2D eigenvalue weighted by molar-refractivity contribution is 5.79. The molecule has 0 radical (unpaired) electrons. The monoisotopic (exact) mass is 290 g/mol. The van der Waals surface area contributed by atoms with Crippen LogP contribution in [0, 0.1) is 12.3 Å². The fourth-order valence-electron chi connectivity index (χ4n) is 2.89. The summed E-state index contributed by atoms with van der Waals surface area (Å²) in [6, 6.07) is -0.0431. The Morgan fingerprint density at radius 3 is 2.71 bits per heavy atom. The van der Waals surface area contributed by atoms with Crippen molar-refractivity contribution in [2.75, 3.05) is 6.54 Å². The van der Waals surface area contributed by atoms with Crippen LogP contribution < -0.4 is 5.73 Å². The molecule has 2 heterocycles. The van der Waals surface area contributed by atoms with Crippen molar-refractivity contribution in [1.82, 2.24) is 4.90 Å². The minimum absolute atomic E-state index is 0.0431. The van der Waals surface area contributed by atoms with Gasteiger partial charge in [-0.15, -0.1) is 12.3 Å². The zero-order valence-electron chi connectivity index (χ0n) is 12.3. The first-order chi connectivity index (χ1) is 10.1. The zero-order chi connectivity index (χ0) is 15.3. The summed E-state index contributed by atoms with van der Waals surface area (Å²) >= 11 is 0. The van der Waals surface area contributed by atoms with Gasteiger partial charge in [-0.25, -0.2) is 0 Å². The van der Waals surface area contributed by atoms with Crippen LogP contribution in [-0.2, 0) is 9.59 Å². The van der Waals surface area contributed by atoms with Gasteiger partial charge in [0.2, 0.25) is 11.8 Å². The van der Waals surface area contributed by atoms with Crippen molar-refractivity contribution >= 4 is 11.8 Å². The Balaban J connectivity index is 1.83. The number of carbonyl (C=O) groups excluding carboxylic acids is 2. The van der Waals surface area contributed by atoms with Crippen LogP contribution in [0.15, 0.2) is 10.2 Å². The molecule has 0 aromatic rings. The fourth-order valence-corrected chi connectivity index (χ4v) is 2.89. The first-order valence-electron chi connectivity index (χ1n) is 7.52. The van der Waals surface area contributed by atoms with Crippen molar-refractivity contribution in [3.63, 3.8) is 0 Å². The lowest BCUT2D eigenvalue weighted by molar-refractivity contribution is -0.136. The molecule has 0 spiro atoms. The largest absolute Gasteiger partial charge is 0.370 e. The minimum atomic E-state index is -0.420. The van der Waals surface area contributed by atoms with Crippen molar-refractivity contribution in [2.24, 2.45) is 16.0 Å². The quantitative estimate of drug-likeness (QED) is 0.722. The van der Waals surface area contributed by atoms with Crippen LogP contribution in [-0.4, -0.2) is 35.0 Å². The Labute approximate surface area is 125 Å². The Hall–Kier alpha value is -1.90. The number of piperidine rings is 1. The Morgan fingerprint density at radius 2 is 2.10 bits per heavy atom. The van der Waals surface area contributed by atoms with E-state index >= 15 is 0 Å². The Bertz CT molecular complexity index is 475. The zero-order valence-corrected chi connectivity index (χ0v) is 12.3. The third kappa shape index (κ3) is 4.28. The van der Waals surface area contributed by atoms with Crippen molar-refractivity contribution in [2.45, 2.75) is 63.1 Å². The molecule has 2 amide bonds. The van der Waals surface area contributed by atoms with Crippen molar-refractivity contribution in [3.05, 3.63) is 0 Å². The number of carbonyl (C=O) groups is 2. The van der Waals surface area contributed by atoms with E-state index in [1.165, 1.54) is 0 Å². The van der Waals surface area contributed by atoms with Crippen LogP contribution in [0.2, 0.25) is 0 Å². The molecule has 1 fully saturated rings. The molecule has 1 atom stereocenters. The fraction of sp³-hybridized carbons (Fsp3) is 0.733.